The molecule has 0 bridgehead atoms. The molecule has 1 aromatic carbocycles. The van der Waals surface area contributed by atoms with Gasteiger partial charge in [-0.1, -0.05) is 95.5 Å². The van der Waals surface area contributed by atoms with Crippen molar-refractivity contribution >= 4 is 35.0 Å². The van der Waals surface area contributed by atoms with E-state index in [-0.39, 0.29) is 37.0 Å². The number of ether oxygens (including phenoxy) is 1. The zero-order valence-corrected chi connectivity index (χ0v) is 32.0. The minimum atomic E-state index is -0.976. The van der Waals surface area contributed by atoms with E-state index < -0.39 is 35.9 Å². The van der Waals surface area contributed by atoms with Crippen molar-refractivity contribution in [1.29, 1.82) is 0 Å². The number of aliphatic hydroxyl groups is 1. The van der Waals surface area contributed by atoms with Crippen LogP contribution in [0.5, 0.6) is 0 Å². The number of aromatic nitrogens is 1. The van der Waals surface area contributed by atoms with Crippen LogP contribution >= 0.6 is 11.3 Å². The van der Waals surface area contributed by atoms with Gasteiger partial charge in [-0.15, -0.1) is 11.3 Å². The number of benzene rings is 1. The third-order valence-corrected chi connectivity index (χ3v) is 11.1. The summed E-state index contributed by atoms with van der Waals surface area (Å²) in [6.45, 7) is 6.48. The monoisotopic (exact) mass is 739 g/mol. The number of nitrogens with zero attached hydrogens (tertiary/aromatic N) is 2. The molecule has 52 heavy (non-hydrogen) atoms. The molecule has 2 heterocycles. The number of carbonyl (C=O) groups excluding carboxylic acids is 4. The Hall–Kier alpha value is -3.35. The number of aliphatic hydroxyl groups excluding tert-OH is 1. The largest absolute Gasteiger partial charge is 0.391 e. The zero-order chi connectivity index (χ0) is 37.1. The summed E-state index contributed by atoms with van der Waals surface area (Å²) in [5.41, 5.74) is 3.28. The summed E-state index contributed by atoms with van der Waals surface area (Å²) in [6.07, 6.45) is 10.1. The van der Waals surface area contributed by atoms with Crippen molar-refractivity contribution in [3.63, 3.8) is 0 Å². The van der Waals surface area contributed by atoms with Crippen molar-refractivity contribution in [2.45, 2.75) is 122 Å². The van der Waals surface area contributed by atoms with Crippen LogP contribution in [0.15, 0.2) is 41.2 Å². The number of unbranched alkanes of at least 4 members (excludes halogenated alkanes) is 3. The van der Waals surface area contributed by atoms with Gasteiger partial charge in [-0.2, -0.15) is 0 Å². The number of amides is 4. The molecule has 11 nitrogen and oxygen atoms in total. The Labute approximate surface area is 314 Å². The fourth-order valence-electron chi connectivity index (χ4n) is 7.30. The number of rotatable bonds is 21. The predicted molar refractivity (Wildman–Crippen MR) is 203 cm³/mol. The van der Waals surface area contributed by atoms with Crippen molar-refractivity contribution in [2.24, 2.45) is 17.8 Å². The average Bonchev–Trinajstić information content (AvgIpc) is 3.68. The maximum atomic E-state index is 14.2. The number of thiazole rings is 1. The molecular formula is C40H61N5O6S. The Bertz CT molecular complexity index is 1350. The Morgan fingerprint density at radius 3 is 2.40 bits per heavy atom. The number of carbonyl (C=O) groups is 4. The highest BCUT2D eigenvalue weighted by Crippen LogP contribution is 2.29. The number of nitrogens with one attached hydrogen (secondary N) is 3. The topological polar surface area (TPSA) is 150 Å². The Morgan fingerprint density at radius 2 is 1.71 bits per heavy atom. The molecule has 288 valence electrons. The van der Waals surface area contributed by atoms with E-state index in [0.29, 0.717) is 57.3 Å². The molecule has 0 spiro atoms. The molecule has 2 aliphatic rings. The number of hydrogen-bond donors (Lipinski definition) is 4. The SMILES string of the molecule is CCCCCCNC(=O)[C@H](C)C[C@H](O)[C@H](CC1CCCCC1)NC(=O)[C@H](Cc1cscn1)NC(=O)C(CC(=O)N1CCOCC1)Cc1ccccc1. The Balaban J connectivity index is 1.48. The van der Waals surface area contributed by atoms with Crippen molar-refractivity contribution in [3.05, 3.63) is 52.5 Å². The van der Waals surface area contributed by atoms with E-state index in [1.165, 1.54) is 17.8 Å². The highest BCUT2D eigenvalue weighted by Gasteiger charge is 2.34. The predicted octanol–water partition coefficient (Wildman–Crippen LogP) is 4.82. The van der Waals surface area contributed by atoms with Crippen LogP contribution in [0.3, 0.4) is 0 Å². The molecule has 5 atom stereocenters. The maximum absolute atomic E-state index is 14.2. The molecule has 4 N–H and O–H groups in total. The third kappa shape index (κ3) is 14.2. The average molecular weight is 740 g/mol. The van der Waals surface area contributed by atoms with Gasteiger partial charge in [0.15, 0.2) is 0 Å². The van der Waals surface area contributed by atoms with Crippen molar-refractivity contribution in [3.8, 4) is 0 Å². The first-order valence-corrected chi connectivity index (χ1v) is 20.5. The van der Waals surface area contributed by atoms with Gasteiger partial charge in [-0.05, 0) is 37.2 Å². The lowest BCUT2D eigenvalue weighted by atomic mass is 9.82. The van der Waals surface area contributed by atoms with Crippen LogP contribution in [0, 0.1) is 17.8 Å². The summed E-state index contributed by atoms with van der Waals surface area (Å²) in [4.78, 5) is 60.8. The molecule has 12 heteroatoms. The summed E-state index contributed by atoms with van der Waals surface area (Å²) in [5.74, 6) is -1.78. The molecule has 1 aliphatic heterocycles. The first-order valence-electron chi connectivity index (χ1n) is 19.6. The molecule has 4 amide bonds. The lowest BCUT2D eigenvalue weighted by Gasteiger charge is -2.32. The first kappa shape index (κ1) is 41.4. The fraction of sp³-hybridized carbons (Fsp3) is 0.675. The van der Waals surface area contributed by atoms with Crippen LogP contribution < -0.4 is 16.0 Å². The van der Waals surface area contributed by atoms with E-state index in [9.17, 15) is 24.3 Å². The Kier molecular flexibility index (Phi) is 18.0. The molecular weight excluding hydrogens is 679 g/mol. The first-order chi connectivity index (χ1) is 25.2. The summed E-state index contributed by atoms with van der Waals surface area (Å²) in [6, 6.07) is 8.02. The molecule has 1 saturated heterocycles. The highest BCUT2D eigenvalue weighted by atomic mass is 32.1. The lowest BCUT2D eigenvalue weighted by molar-refractivity contribution is -0.140. The second-order valence-corrected chi connectivity index (χ2v) is 15.5. The van der Waals surface area contributed by atoms with Gasteiger partial charge in [0.1, 0.15) is 6.04 Å². The van der Waals surface area contributed by atoms with Gasteiger partial charge in [-0.25, -0.2) is 4.98 Å². The van der Waals surface area contributed by atoms with Gasteiger partial charge in [0.2, 0.25) is 23.6 Å². The van der Waals surface area contributed by atoms with E-state index in [1.807, 2.05) is 42.6 Å². The standard InChI is InChI=1S/C40H61N5O6S/c1-3-4-5-12-17-41-38(48)29(2)22-36(46)34(24-31-15-10-7-11-16-31)43-40(50)35(26-33-27-52-28-42-33)44-39(49)32(23-30-13-8-6-9-14-30)25-37(47)45-18-20-51-21-19-45/h6,8-9,13-14,27-29,31-32,34-36,46H,3-5,7,10-12,15-26H2,1-2H3,(H,41,48)(H,43,50)(H,44,49)/t29-,32?,34+,35+,36+/m1/s1. The molecule has 1 saturated carbocycles. The van der Waals surface area contributed by atoms with Crippen LogP contribution in [0.2, 0.25) is 0 Å². The van der Waals surface area contributed by atoms with Gasteiger partial charge in [0, 0.05) is 43.8 Å². The molecule has 0 radical (unpaired) electrons. The molecule has 4 rings (SSSR count). The lowest BCUT2D eigenvalue weighted by Crippen LogP contribution is -2.55. The quantitative estimate of drug-likeness (QED) is 0.134. The van der Waals surface area contributed by atoms with Crippen LogP contribution in [0.4, 0.5) is 0 Å². The minimum absolute atomic E-state index is 0.00728. The smallest absolute Gasteiger partial charge is 0.243 e. The maximum Gasteiger partial charge on any atom is 0.243 e. The van der Waals surface area contributed by atoms with Gasteiger partial charge in [-0.3, -0.25) is 19.2 Å². The molecule has 1 aromatic heterocycles. The minimum Gasteiger partial charge on any atom is -0.391 e. The summed E-state index contributed by atoms with van der Waals surface area (Å²) < 4.78 is 5.42. The molecule has 1 unspecified atom stereocenters. The van der Waals surface area contributed by atoms with Crippen molar-refractivity contribution < 1.29 is 29.0 Å². The normalized spacial score (nSPS) is 18.1. The van der Waals surface area contributed by atoms with Crippen LogP contribution in [-0.4, -0.2) is 89.7 Å². The zero-order valence-electron chi connectivity index (χ0n) is 31.2. The fourth-order valence-corrected chi connectivity index (χ4v) is 7.88. The van der Waals surface area contributed by atoms with E-state index in [1.54, 1.807) is 10.4 Å². The number of morpholine rings is 1. The van der Waals surface area contributed by atoms with Crippen LogP contribution in [-0.2, 0) is 36.8 Å². The third-order valence-electron chi connectivity index (χ3n) is 10.5. The summed E-state index contributed by atoms with van der Waals surface area (Å²) in [5, 5.41) is 22.6. The van der Waals surface area contributed by atoms with Gasteiger partial charge in [0.05, 0.1) is 42.5 Å². The summed E-state index contributed by atoms with van der Waals surface area (Å²) >= 11 is 1.41. The van der Waals surface area contributed by atoms with E-state index >= 15 is 0 Å². The van der Waals surface area contributed by atoms with Gasteiger partial charge in [0.25, 0.3) is 0 Å². The molecule has 1 aliphatic carbocycles. The second-order valence-electron chi connectivity index (χ2n) is 14.7. The van der Waals surface area contributed by atoms with Crippen LogP contribution in [0.1, 0.15) is 102 Å². The Morgan fingerprint density at radius 1 is 0.962 bits per heavy atom. The molecule has 2 aromatic rings. The second kappa shape index (κ2) is 22.7. The summed E-state index contributed by atoms with van der Waals surface area (Å²) in [7, 11) is 0. The molecule has 2 fully saturated rings. The van der Waals surface area contributed by atoms with E-state index in [4.69, 9.17) is 4.74 Å². The van der Waals surface area contributed by atoms with E-state index in [0.717, 1.165) is 56.9 Å². The van der Waals surface area contributed by atoms with Crippen LogP contribution in [0.25, 0.3) is 0 Å². The van der Waals surface area contributed by atoms with Gasteiger partial charge < -0.3 is 30.7 Å². The number of hydrogen-bond acceptors (Lipinski definition) is 8. The van der Waals surface area contributed by atoms with Crippen molar-refractivity contribution in [2.75, 3.05) is 32.8 Å². The van der Waals surface area contributed by atoms with Gasteiger partial charge >= 0.3 is 0 Å². The van der Waals surface area contributed by atoms with E-state index in [2.05, 4.69) is 27.9 Å². The van der Waals surface area contributed by atoms with Crippen molar-refractivity contribution in [1.82, 2.24) is 25.8 Å². The highest BCUT2D eigenvalue weighted by molar-refractivity contribution is 7.07.